The van der Waals surface area contributed by atoms with Gasteiger partial charge in [-0.1, -0.05) is 48.0 Å². The van der Waals surface area contributed by atoms with Crippen LogP contribution < -0.4 is 173 Å². The Morgan fingerprint density at radius 3 is 2.02 bits per heavy atom. The van der Waals surface area contributed by atoms with E-state index in [1.165, 1.54) is 19.4 Å². The minimum absolute atomic E-state index is 0. The smallest absolute Gasteiger partial charge is 0.652 e. The number of aromatic nitrogens is 2. The second-order valence-electron chi connectivity index (χ2n) is 11.4. The molecule has 0 spiro atoms. The average molecular weight is 1020 g/mol. The summed E-state index contributed by atoms with van der Waals surface area (Å²) < 4.78 is 28.3. The fourth-order valence-corrected chi connectivity index (χ4v) is 5.43. The molecular weight excluding hydrogens is 986 g/mol. The molecule has 1 amide bonds. The zero-order valence-corrected chi connectivity index (χ0v) is 44.6. The van der Waals surface area contributed by atoms with Crippen molar-refractivity contribution in [1.82, 2.24) is 9.97 Å². The molecule has 56 heavy (non-hydrogen) atoms. The number of carbonyl (C=O) groups excluding carboxylic acids is 3. The van der Waals surface area contributed by atoms with Gasteiger partial charge in [-0.15, -0.1) is 0 Å². The van der Waals surface area contributed by atoms with Crippen molar-refractivity contribution in [3.05, 3.63) is 129 Å². The topological polar surface area (TPSA) is 219 Å². The standard InChI is InChI=1S/C38H33ClN4O7.CH2O3.2Cs/c1-23-27(20-48-35-14-34(30(18-44)13-33(35)39)47-19-26-12-25(15-40)16-42-17-26)6-4-8-31(23)32-9-5-7-28(24(32)2)21-49-36-11-10-29(22-50-38(41)45)37(43-36)46-3;2-1(3)4;;/h4-14,16-18H,19-22H2,1-3H3,(H2,41,45);(H2,2,3,4);;/q;;2*+1/p-2. The third-order valence-electron chi connectivity index (χ3n) is 7.93. The van der Waals surface area contributed by atoms with Crippen molar-refractivity contribution in [2.24, 2.45) is 5.73 Å². The van der Waals surface area contributed by atoms with Crippen molar-refractivity contribution < 1.29 is 186 Å². The number of amides is 1. The minimum atomic E-state index is -2.33. The van der Waals surface area contributed by atoms with E-state index in [9.17, 15) is 9.59 Å². The van der Waals surface area contributed by atoms with Gasteiger partial charge in [0.15, 0.2) is 6.29 Å². The summed E-state index contributed by atoms with van der Waals surface area (Å²) in [5, 5.41) is 26.1. The monoisotopic (exact) mass is 1020 g/mol. The number of primary amides is 1. The number of rotatable bonds is 14. The molecule has 0 radical (unpaired) electrons. The van der Waals surface area contributed by atoms with E-state index < -0.39 is 12.2 Å². The van der Waals surface area contributed by atoms with E-state index in [0.717, 1.165) is 33.4 Å². The van der Waals surface area contributed by atoms with E-state index in [4.69, 9.17) is 61.3 Å². The van der Waals surface area contributed by atoms with Gasteiger partial charge in [-0.05, 0) is 71.6 Å². The minimum Gasteiger partial charge on any atom is -0.652 e. The molecule has 278 valence electrons. The van der Waals surface area contributed by atoms with Crippen molar-refractivity contribution >= 4 is 30.1 Å². The maximum atomic E-state index is 11.8. The van der Waals surface area contributed by atoms with Gasteiger partial charge in [0.2, 0.25) is 11.8 Å². The number of ether oxygens (including phenoxy) is 5. The van der Waals surface area contributed by atoms with Gasteiger partial charge in [-0.2, -0.15) is 10.2 Å². The van der Waals surface area contributed by atoms with Crippen molar-refractivity contribution in [2.75, 3.05) is 7.11 Å². The van der Waals surface area contributed by atoms with Gasteiger partial charge >= 0.3 is 144 Å². The molecule has 0 fully saturated rings. The van der Waals surface area contributed by atoms with Crippen LogP contribution in [0.5, 0.6) is 23.3 Å². The van der Waals surface area contributed by atoms with E-state index in [-0.39, 0.29) is 181 Å². The molecule has 0 atom stereocenters. The maximum Gasteiger partial charge on any atom is 1.00 e. The number of methoxy groups -OCH3 is 1. The summed E-state index contributed by atoms with van der Waals surface area (Å²) in [7, 11) is 1.47. The SMILES string of the molecule is COc1nc(OCc2cccc(-c3cccc(COc4cc(OCc5cncc(C#N)c5)c(C=O)cc4Cl)c3C)c2C)ccc1COC(N)=O.O=C([O-])[O-].[Cs+].[Cs+]. The number of nitrogens with two attached hydrogens (primary N) is 1. The molecule has 5 aromatic rings. The Labute approximate surface area is 445 Å². The van der Waals surface area contributed by atoms with Crippen LogP contribution in [0.25, 0.3) is 11.1 Å². The van der Waals surface area contributed by atoms with Crippen molar-refractivity contribution in [1.29, 1.82) is 5.26 Å². The van der Waals surface area contributed by atoms with Crippen LogP contribution in [0.15, 0.2) is 79.1 Å². The number of nitriles is 1. The Balaban J connectivity index is 0.00000172. The molecular formula is C39H33ClCs2N4O10. The second kappa shape index (κ2) is 24.9. The normalized spacial score (nSPS) is 9.84. The van der Waals surface area contributed by atoms with Crippen LogP contribution in [0.2, 0.25) is 5.02 Å². The molecule has 2 aromatic heterocycles. The Hall–Kier alpha value is -2.75. The van der Waals surface area contributed by atoms with Gasteiger partial charge < -0.3 is 44.4 Å². The number of halogens is 1. The molecule has 0 aliphatic rings. The molecule has 0 aliphatic heterocycles. The fourth-order valence-electron chi connectivity index (χ4n) is 5.21. The van der Waals surface area contributed by atoms with Crippen LogP contribution in [-0.4, -0.2) is 35.6 Å². The second-order valence-corrected chi connectivity index (χ2v) is 11.8. The third-order valence-corrected chi connectivity index (χ3v) is 8.22. The molecule has 14 nitrogen and oxygen atoms in total. The van der Waals surface area contributed by atoms with Gasteiger partial charge in [0, 0.05) is 30.1 Å². The Bertz CT molecular complexity index is 2200. The van der Waals surface area contributed by atoms with Gasteiger partial charge in [-0.25, -0.2) is 4.79 Å². The van der Waals surface area contributed by atoms with Crippen LogP contribution in [0, 0.1) is 25.2 Å². The number of nitrogens with zero attached hydrogens (tertiary/aromatic N) is 3. The number of carboxylic acid groups (broad SMARTS) is 2. The fraction of sp³-hybridized carbons (Fsp3) is 0.179. The van der Waals surface area contributed by atoms with Gasteiger partial charge in [0.05, 0.1) is 28.8 Å². The van der Waals surface area contributed by atoms with Crippen molar-refractivity contribution in [3.8, 4) is 40.5 Å². The molecule has 0 saturated heterocycles. The average Bonchev–Trinajstić information content (AvgIpc) is 3.16. The van der Waals surface area contributed by atoms with E-state index in [0.29, 0.717) is 40.4 Å². The zero-order chi connectivity index (χ0) is 39.2. The van der Waals surface area contributed by atoms with E-state index in [2.05, 4.69) is 22.1 Å². The summed E-state index contributed by atoms with van der Waals surface area (Å²) in [5.74, 6) is 1.27. The Morgan fingerprint density at radius 1 is 0.839 bits per heavy atom. The van der Waals surface area contributed by atoms with Crippen LogP contribution in [0.1, 0.15) is 49.3 Å². The number of pyridine rings is 2. The van der Waals surface area contributed by atoms with Gasteiger partial charge in [0.1, 0.15) is 44.0 Å². The summed E-state index contributed by atoms with van der Waals surface area (Å²) in [6.07, 6.45) is 0.497. The molecule has 0 bridgehead atoms. The molecule has 0 unspecified atom stereocenters. The summed E-state index contributed by atoms with van der Waals surface area (Å²) in [4.78, 5) is 39.5. The van der Waals surface area contributed by atoms with E-state index in [1.54, 1.807) is 30.5 Å². The molecule has 5 rings (SSSR count). The molecule has 17 heteroatoms. The predicted octanol–water partition coefficient (Wildman–Crippen LogP) is -1.00. The first-order valence-corrected chi connectivity index (χ1v) is 16.3. The molecule has 3 aromatic carbocycles. The van der Waals surface area contributed by atoms with Gasteiger partial charge in [-0.3, -0.25) is 9.78 Å². The number of aldehydes is 1. The van der Waals surface area contributed by atoms with Crippen LogP contribution in [0.3, 0.4) is 0 Å². The number of hydrogen-bond acceptors (Lipinski definition) is 13. The Morgan fingerprint density at radius 2 is 1.45 bits per heavy atom. The quantitative estimate of drug-likeness (QED) is 0.132. The van der Waals surface area contributed by atoms with Crippen LogP contribution in [-0.2, 0) is 31.2 Å². The van der Waals surface area contributed by atoms with E-state index >= 15 is 0 Å². The molecule has 2 heterocycles. The maximum absolute atomic E-state index is 11.8. The third kappa shape index (κ3) is 14.6. The summed E-state index contributed by atoms with van der Waals surface area (Å²) >= 11 is 6.50. The first kappa shape index (κ1) is 49.4. The van der Waals surface area contributed by atoms with Crippen molar-refractivity contribution in [3.63, 3.8) is 0 Å². The largest absolute Gasteiger partial charge is 1.00 e. The summed E-state index contributed by atoms with van der Waals surface area (Å²) in [5.41, 5.74) is 13.0. The predicted molar refractivity (Wildman–Crippen MR) is 191 cm³/mol. The van der Waals surface area contributed by atoms with Gasteiger partial charge in [0.25, 0.3) is 0 Å². The van der Waals surface area contributed by atoms with Crippen LogP contribution >= 0.6 is 11.6 Å². The van der Waals surface area contributed by atoms with Crippen LogP contribution in [0.4, 0.5) is 9.59 Å². The summed E-state index contributed by atoms with van der Waals surface area (Å²) in [6.45, 7) is 4.57. The van der Waals surface area contributed by atoms with Crippen molar-refractivity contribution in [2.45, 2.75) is 40.3 Å². The zero-order valence-electron chi connectivity index (χ0n) is 31.3. The van der Waals surface area contributed by atoms with E-state index in [1.807, 2.05) is 44.2 Å². The molecule has 0 aliphatic carbocycles. The Kier molecular flexibility index (Phi) is 22.0. The number of carbonyl (C=O) groups is 3. The molecule has 0 saturated carbocycles. The first-order valence-electron chi connectivity index (χ1n) is 16.0. The number of hydrogen-bond donors (Lipinski definition) is 1. The number of benzene rings is 3. The molecule has 2 N–H and O–H groups in total. The summed E-state index contributed by atoms with van der Waals surface area (Å²) in [6, 6.07) is 22.2. The first-order chi connectivity index (χ1) is 25.9.